The lowest BCUT2D eigenvalue weighted by molar-refractivity contribution is -0.148. The number of phenols is 1. The molecule has 0 saturated carbocycles. The third-order valence-electron chi connectivity index (χ3n) is 14.3. The van der Waals surface area contributed by atoms with E-state index in [1.54, 1.807) is 0 Å². The van der Waals surface area contributed by atoms with Crippen molar-refractivity contribution in [2.24, 2.45) is 5.92 Å². The normalized spacial score (nSPS) is 29.4. The summed E-state index contributed by atoms with van der Waals surface area (Å²) < 4.78 is 0. The van der Waals surface area contributed by atoms with E-state index in [4.69, 9.17) is 0 Å². The van der Waals surface area contributed by atoms with E-state index < -0.39 is 152 Å². The van der Waals surface area contributed by atoms with Crippen molar-refractivity contribution in [1.82, 2.24) is 36.4 Å². The van der Waals surface area contributed by atoms with Crippen LogP contribution in [0.1, 0.15) is 149 Å². The highest BCUT2D eigenvalue weighted by Crippen LogP contribution is 2.28. The first-order valence-electron chi connectivity index (χ1n) is 26.4. The zero-order valence-electron chi connectivity index (χ0n) is 43.2. The van der Waals surface area contributed by atoms with E-state index in [9.17, 15) is 79.5 Å². The Bertz CT molecular complexity index is 2000. The number of benzene rings is 1. The van der Waals surface area contributed by atoms with Crippen LogP contribution in [0.25, 0.3) is 0 Å². The number of rotatable bonds is 21. The predicted octanol–water partition coefficient (Wildman–Crippen LogP) is -1.27. The molecular weight excluding hydrogens is 967 g/mol. The third-order valence-corrected chi connectivity index (χ3v) is 14.3. The number of aromatic hydroxyl groups is 1. The van der Waals surface area contributed by atoms with Gasteiger partial charge in [-0.05, 0) is 38.0 Å². The van der Waals surface area contributed by atoms with Gasteiger partial charge >= 0.3 is 0 Å². The van der Waals surface area contributed by atoms with Crippen molar-refractivity contribution >= 4 is 41.4 Å². The van der Waals surface area contributed by atoms with E-state index in [1.807, 2.05) is 0 Å². The molecule has 23 heteroatoms. The molecule has 0 bridgehead atoms. The van der Waals surface area contributed by atoms with Crippen LogP contribution in [0.15, 0.2) is 24.3 Å². The number of nitrogens with zero attached hydrogens (tertiary/aromatic N) is 2. The van der Waals surface area contributed by atoms with Gasteiger partial charge in [0.05, 0.1) is 24.4 Å². The van der Waals surface area contributed by atoms with E-state index in [-0.39, 0.29) is 24.3 Å². The summed E-state index contributed by atoms with van der Waals surface area (Å²) in [7, 11) is 0. The number of aliphatic hydroxyl groups is 8. The molecule has 0 spiro atoms. The van der Waals surface area contributed by atoms with Gasteiger partial charge in [0, 0.05) is 38.3 Å². The molecule has 1 aromatic rings. The molecule has 0 aromatic heterocycles. The second-order valence-electron chi connectivity index (χ2n) is 20.5. The van der Waals surface area contributed by atoms with Gasteiger partial charge in [-0.1, -0.05) is 109 Å². The first-order valence-corrected chi connectivity index (χ1v) is 26.4. The van der Waals surface area contributed by atoms with Gasteiger partial charge in [0.2, 0.25) is 41.4 Å². The van der Waals surface area contributed by atoms with E-state index in [2.05, 4.69) is 33.5 Å². The number of phenolic OH excluding ortho intramolecular Hbond substituents is 1. The maximum absolute atomic E-state index is 14.3. The first kappa shape index (κ1) is 61.5. The molecule has 0 aliphatic carbocycles. The molecule has 3 aliphatic rings. The fraction of sp³-hybridized carbons (Fsp3) is 0.745. The molecule has 1 aromatic carbocycles. The Hall–Kier alpha value is -5.01. The van der Waals surface area contributed by atoms with E-state index in [1.165, 1.54) is 70.4 Å². The SMILES string of the molecule is CCCCCCCCCCCCCCCCC(=O)NC1C[C@@H](O)[C@@H](O)NC(=O)[C@@H]2[C@@H](O)[C@@H](C)CN2C(=O)[C@H]([C@@H](C)O)NC(=O)[C@H]([C@H](O)[C@@H](O)c2ccc(O)cc2)NC(=O)[C@@H]2C[C@@H](O)CN2C(=O)[C@H]([C@@H](C)O)NC1=O. The molecule has 15 atom stereocenters. The predicted molar refractivity (Wildman–Crippen MR) is 267 cm³/mol. The van der Waals surface area contributed by atoms with Crippen molar-refractivity contribution in [2.45, 2.75) is 222 Å². The Morgan fingerprint density at radius 3 is 1.68 bits per heavy atom. The van der Waals surface area contributed by atoms with Crippen molar-refractivity contribution < 1.29 is 79.5 Å². The van der Waals surface area contributed by atoms with Gasteiger partial charge in [0.1, 0.15) is 60.3 Å². The van der Waals surface area contributed by atoms with Crippen molar-refractivity contribution in [3.05, 3.63) is 29.8 Å². The van der Waals surface area contributed by atoms with Crippen molar-refractivity contribution in [3.63, 3.8) is 0 Å². The number of nitrogens with one attached hydrogen (secondary N) is 5. The fourth-order valence-corrected chi connectivity index (χ4v) is 9.77. The number of carbonyl (C=O) groups is 7. The van der Waals surface area contributed by atoms with Crippen LogP contribution in [0.3, 0.4) is 0 Å². The van der Waals surface area contributed by atoms with Crippen LogP contribution in [0.2, 0.25) is 0 Å². The summed E-state index contributed by atoms with van der Waals surface area (Å²) in [5.74, 6) is -8.91. The summed E-state index contributed by atoms with van der Waals surface area (Å²) in [5, 5.41) is 111. The van der Waals surface area contributed by atoms with Gasteiger partial charge in [0.15, 0.2) is 6.23 Å². The number of unbranched alkanes of at least 4 members (excludes halogenated alkanes) is 13. The maximum Gasteiger partial charge on any atom is 0.248 e. The summed E-state index contributed by atoms with van der Waals surface area (Å²) in [6.45, 7) is 5.02. The van der Waals surface area contributed by atoms with Gasteiger partial charge < -0.3 is 82.3 Å². The largest absolute Gasteiger partial charge is 0.508 e. The van der Waals surface area contributed by atoms with E-state index >= 15 is 0 Å². The van der Waals surface area contributed by atoms with Crippen LogP contribution < -0.4 is 26.6 Å². The van der Waals surface area contributed by atoms with Crippen LogP contribution in [-0.4, -0.2) is 189 Å². The van der Waals surface area contributed by atoms with Gasteiger partial charge in [-0.25, -0.2) is 0 Å². The molecule has 14 N–H and O–H groups in total. The summed E-state index contributed by atoms with van der Waals surface area (Å²) in [5.41, 5.74) is -0.0584. The minimum Gasteiger partial charge on any atom is -0.508 e. The highest BCUT2D eigenvalue weighted by Gasteiger charge is 2.50. The average Bonchev–Trinajstić information content (AvgIpc) is 3.90. The standard InChI is InChI=1S/C51H83N7O16/c1-5-6-7-8-9-10-11-12-13-14-15-16-17-18-19-37(64)52-34-25-36(63)47(70)56-49(72)41-42(65)28(2)26-58(41)51(74)39(30(4)60)54-48(71)40(44(67)43(66)31-20-22-32(61)23-21-31)55-46(69)35-24-33(62)27-57(35)50(73)38(29(3)59)53-45(34)68/h20-23,28-30,33-36,38-44,47,59-63,65-67,70H,5-19,24-27H2,1-4H3,(H,52,64)(H,53,68)(H,54,71)(H,55,69)(H,56,72)/t28-,29+,30+,33+,34?,35-,36+,38-,39-,40-,41-,42-,43-,44-,47+/m0/s1. The highest BCUT2D eigenvalue weighted by atomic mass is 16.3. The lowest BCUT2D eigenvalue weighted by Crippen LogP contribution is -2.64. The summed E-state index contributed by atoms with van der Waals surface area (Å²) in [4.78, 5) is 100. The van der Waals surface area contributed by atoms with Crippen molar-refractivity contribution in [1.29, 1.82) is 0 Å². The number of carbonyl (C=O) groups excluding carboxylic acids is 7. The number of aliphatic hydroxyl groups excluding tert-OH is 8. The average molecular weight is 1050 g/mol. The minimum atomic E-state index is -2.27. The molecule has 3 aliphatic heterocycles. The Labute approximate surface area is 432 Å². The van der Waals surface area contributed by atoms with E-state index in [0.29, 0.717) is 12.8 Å². The molecule has 418 valence electrons. The molecule has 3 fully saturated rings. The molecule has 23 nitrogen and oxygen atoms in total. The maximum atomic E-state index is 14.3. The van der Waals surface area contributed by atoms with Gasteiger partial charge in [0.25, 0.3) is 0 Å². The quantitative estimate of drug-likeness (QED) is 0.0638. The first-order chi connectivity index (χ1) is 35.1. The van der Waals surface area contributed by atoms with Crippen LogP contribution in [0.4, 0.5) is 0 Å². The number of hydrogen-bond acceptors (Lipinski definition) is 16. The lowest BCUT2D eigenvalue weighted by atomic mass is 9.96. The fourth-order valence-electron chi connectivity index (χ4n) is 9.77. The van der Waals surface area contributed by atoms with E-state index in [0.717, 1.165) is 61.5 Å². The van der Waals surface area contributed by atoms with Gasteiger partial charge in [-0.2, -0.15) is 0 Å². The molecule has 74 heavy (non-hydrogen) atoms. The zero-order chi connectivity index (χ0) is 54.8. The Balaban J connectivity index is 1.62. The Morgan fingerprint density at radius 1 is 0.635 bits per heavy atom. The molecule has 3 heterocycles. The second kappa shape index (κ2) is 29.9. The summed E-state index contributed by atoms with van der Waals surface area (Å²) >= 11 is 0. The lowest BCUT2D eigenvalue weighted by Gasteiger charge is -2.34. The molecule has 1 unspecified atom stereocenters. The smallest absolute Gasteiger partial charge is 0.248 e. The van der Waals surface area contributed by atoms with Crippen LogP contribution in [-0.2, 0) is 33.6 Å². The zero-order valence-corrected chi connectivity index (χ0v) is 43.2. The van der Waals surface area contributed by atoms with Gasteiger partial charge in [-0.15, -0.1) is 0 Å². The summed E-state index contributed by atoms with van der Waals surface area (Å²) in [6, 6.07) is -6.56. The second-order valence-corrected chi connectivity index (χ2v) is 20.5. The Morgan fingerprint density at radius 2 is 1.14 bits per heavy atom. The topological polar surface area (TPSA) is 368 Å². The van der Waals surface area contributed by atoms with Gasteiger partial charge in [-0.3, -0.25) is 33.6 Å². The van der Waals surface area contributed by atoms with Crippen LogP contribution >= 0.6 is 0 Å². The third kappa shape index (κ3) is 17.5. The monoisotopic (exact) mass is 1050 g/mol. The molecule has 4 rings (SSSR count). The molecule has 3 saturated heterocycles. The summed E-state index contributed by atoms with van der Waals surface area (Å²) in [6.07, 6.45) is -1.18. The van der Waals surface area contributed by atoms with Crippen LogP contribution in [0.5, 0.6) is 5.75 Å². The number of hydrogen-bond donors (Lipinski definition) is 14. The van der Waals surface area contributed by atoms with Crippen LogP contribution in [0, 0.1) is 5.92 Å². The molecular formula is C51H83N7O16. The molecule has 7 amide bonds. The molecule has 0 radical (unpaired) electrons. The number of amides is 7. The highest BCUT2D eigenvalue weighted by molar-refractivity contribution is 5.98. The van der Waals surface area contributed by atoms with Crippen molar-refractivity contribution in [2.75, 3.05) is 13.1 Å². The Kier molecular flexibility index (Phi) is 24.9. The minimum absolute atomic E-state index is 0.0491. The number of fused-ring (bicyclic) bond motifs is 2. The van der Waals surface area contributed by atoms with Crippen molar-refractivity contribution in [3.8, 4) is 5.75 Å².